The van der Waals surface area contributed by atoms with E-state index in [0.717, 1.165) is 26.0 Å². The van der Waals surface area contributed by atoms with Crippen molar-refractivity contribution >= 4 is 15.9 Å². The Labute approximate surface area is 94.6 Å². The lowest BCUT2D eigenvalue weighted by Gasteiger charge is -2.30. The third-order valence-corrected chi connectivity index (χ3v) is 2.57. The van der Waals surface area contributed by atoms with Crippen LogP contribution in [0.3, 0.4) is 0 Å². The molecular weight excluding hydrogens is 271 g/mol. The number of alkyl halides is 2. The molecule has 0 saturated heterocycles. The third kappa shape index (κ3) is 2.34. The van der Waals surface area contributed by atoms with E-state index in [-0.39, 0.29) is 0 Å². The number of nitrogens with two attached hydrogens (primary N) is 1. The largest absolute Gasteiger partial charge is 0.320 e. The highest BCUT2D eigenvalue weighted by Crippen LogP contribution is 2.39. The molecule has 0 saturated carbocycles. The van der Waals surface area contributed by atoms with Gasteiger partial charge >= 0.3 is 0 Å². The van der Waals surface area contributed by atoms with Gasteiger partial charge in [0.1, 0.15) is 5.82 Å². The van der Waals surface area contributed by atoms with Crippen LogP contribution in [0.2, 0.25) is 0 Å². The first-order chi connectivity index (χ1) is 6.66. The molecule has 0 heterocycles. The molecule has 0 fully saturated rings. The lowest BCUT2D eigenvalue weighted by molar-refractivity contribution is -0.0701. The van der Waals surface area contributed by atoms with Gasteiger partial charge in [0.25, 0.3) is 5.92 Å². The van der Waals surface area contributed by atoms with E-state index in [0.29, 0.717) is 4.47 Å². The number of halogens is 4. The zero-order chi connectivity index (χ0) is 11.9. The molecule has 1 aromatic rings. The predicted octanol–water partition coefficient (Wildman–Crippen LogP) is 3.42. The second-order valence-corrected chi connectivity index (χ2v) is 4.84. The van der Waals surface area contributed by atoms with E-state index in [1.807, 2.05) is 0 Å². The first kappa shape index (κ1) is 12.5. The van der Waals surface area contributed by atoms with Gasteiger partial charge in [0.2, 0.25) is 0 Å². The van der Waals surface area contributed by atoms with Crippen LogP contribution in [-0.2, 0) is 5.92 Å². The normalized spacial score (nSPS) is 13.0. The summed E-state index contributed by atoms with van der Waals surface area (Å²) < 4.78 is 41.1. The van der Waals surface area contributed by atoms with E-state index in [1.54, 1.807) is 0 Å². The van der Waals surface area contributed by atoms with Crippen molar-refractivity contribution in [3.8, 4) is 0 Å². The van der Waals surface area contributed by atoms with Gasteiger partial charge in [-0.3, -0.25) is 0 Å². The summed E-state index contributed by atoms with van der Waals surface area (Å²) in [6.07, 6.45) is 0. The number of benzene rings is 1. The first-order valence-corrected chi connectivity index (χ1v) is 5.08. The monoisotopic (exact) mass is 281 g/mol. The Balaban J connectivity index is 3.32. The molecule has 15 heavy (non-hydrogen) atoms. The van der Waals surface area contributed by atoms with Crippen molar-refractivity contribution in [1.82, 2.24) is 0 Å². The van der Waals surface area contributed by atoms with Crippen molar-refractivity contribution in [1.29, 1.82) is 0 Å². The molecule has 1 nitrogen and oxygen atoms in total. The topological polar surface area (TPSA) is 26.0 Å². The molecule has 0 aliphatic rings. The van der Waals surface area contributed by atoms with E-state index in [9.17, 15) is 13.2 Å². The molecule has 2 N–H and O–H groups in total. The van der Waals surface area contributed by atoms with E-state index < -0.39 is 22.8 Å². The molecule has 5 heteroatoms. The van der Waals surface area contributed by atoms with Gasteiger partial charge in [0.05, 0.1) is 11.1 Å². The number of hydrogen-bond acceptors (Lipinski definition) is 1. The molecule has 0 amide bonds. The highest BCUT2D eigenvalue weighted by Gasteiger charge is 2.47. The van der Waals surface area contributed by atoms with Crippen LogP contribution >= 0.6 is 15.9 Å². The van der Waals surface area contributed by atoms with E-state index in [4.69, 9.17) is 5.73 Å². The van der Waals surface area contributed by atoms with E-state index in [1.165, 1.54) is 6.07 Å². The van der Waals surface area contributed by atoms with Crippen molar-refractivity contribution in [3.63, 3.8) is 0 Å². The van der Waals surface area contributed by atoms with Gasteiger partial charge in [-0.05, 0) is 32.0 Å². The second-order valence-electron chi connectivity index (χ2n) is 3.92. The van der Waals surface area contributed by atoms with Gasteiger partial charge in [-0.1, -0.05) is 15.9 Å². The van der Waals surface area contributed by atoms with Crippen LogP contribution in [-0.4, -0.2) is 5.54 Å². The maximum atomic E-state index is 13.7. The summed E-state index contributed by atoms with van der Waals surface area (Å²) in [6.45, 7) is 2.32. The van der Waals surface area contributed by atoms with E-state index >= 15 is 0 Å². The summed E-state index contributed by atoms with van der Waals surface area (Å²) in [5, 5.41) is 0. The number of hydrogen-bond donors (Lipinski definition) is 1. The fourth-order valence-electron chi connectivity index (χ4n) is 1.09. The van der Waals surface area contributed by atoms with Crippen molar-refractivity contribution in [2.45, 2.75) is 25.3 Å². The minimum atomic E-state index is -3.42. The molecule has 0 unspecified atom stereocenters. The van der Waals surface area contributed by atoms with Crippen LogP contribution in [0.5, 0.6) is 0 Å². The standard InChI is InChI=1S/C10H11BrF3N/c1-9(2,15)10(13,14)7-5-6(11)3-4-8(7)12/h3-5H,15H2,1-2H3. The third-order valence-electron chi connectivity index (χ3n) is 2.08. The zero-order valence-electron chi connectivity index (χ0n) is 8.32. The zero-order valence-corrected chi connectivity index (χ0v) is 9.91. The van der Waals surface area contributed by atoms with Gasteiger partial charge in [-0.15, -0.1) is 0 Å². The van der Waals surface area contributed by atoms with Crippen molar-refractivity contribution in [2.24, 2.45) is 5.73 Å². The Kier molecular flexibility index (Phi) is 3.16. The quantitative estimate of drug-likeness (QED) is 0.883. The molecule has 0 spiro atoms. The first-order valence-electron chi connectivity index (χ1n) is 4.28. The van der Waals surface area contributed by atoms with Crippen molar-refractivity contribution in [3.05, 3.63) is 34.1 Å². The molecule has 0 aliphatic heterocycles. The average Bonchev–Trinajstić information content (AvgIpc) is 2.07. The highest BCUT2D eigenvalue weighted by molar-refractivity contribution is 9.10. The van der Waals surface area contributed by atoms with Crippen LogP contribution in [0.4, 0.5) is 13.2 Å². The van der Waals surface area contributed by atoms with Crippen LogP contribution in [0.15, 0.2) is 22.7 Å². The smallest absolute Gasteiger partial charge is 0.293 e. The average molecular weight is 282 g/mol. The molecule has 0 bridgehead atoms. The van der Waals surface area contributed by atoms with Crippen LogP contribution in [0.1, 0.15) is 19.4 Å². The lowest BCUT2D eigenvalue weighted by Crippen LogP contribution is -2.48. The molecule has 1 aromatic carbocycles. The maximum Gasteiger partial charge on any atom is 0.293 e. The summed E-state index contributed by atoms with van der Waals surface area (Å²) in [7, 11) is 0. The van der Waals surface area contributed by atoms with Crippen LogP contribution in [0, 0.1) is 5.82 Å². The summed E-state index contributed by atoms with van der Waals surface area (Å²) in [6, 6.07) is 3.39. The van der Waals surface area contributed by atoms with Gasteiger partial charge in [0, 0.05) is 4.47 Å². The summed E-state index contributed by atoms with van der Waals surface area (Å²) in [5.41, 5.74) is 2.83. The fraction of sp³-hybridized carbons (Fsp3) is 0.400. The van der Waals surface area contributed by atoms with Crippen LogP contribution < -0.4 is 5.73 Å². The van der Waals surface area contributed by atoms with Gasteiger partial charge in [-0.2, -0.15) is 8.78 Å². The minimum Gasteiger partial charge on any atom is -0.320 e. The molecule has 0 aromatic heterocycles. The Morgan fingerprint density at radius 3 is 2.27 bits per heavy atom. The predicted molar refractivity (Wildman–Crippen MR) is 56.3 cm³/mol. The fourth-order valence-corrected chi connectivity index (χ4v) is 1.45. The summed E-state index contributed by atoms with van der Waals surface area (Å²) in [5.74, 6) is -4.37. The second kappa shape index (κ2) is 3.79. The van der Waals surface area contributed by atoms with Crippen LogP contribution in [0.25, 0.3) is 0 Å². The lowest BCUT2D eigenvalue weighted by atomic mass is 9.91. The Bertz CT molecular complexity index is 371. The SMILES string of the molecule is CC(C)(N)C(F)(F)c1cc(Br)ccc1F. The minimum absolute atomic E-state index is 0.392. The van der Waals surface area contributed by atoms with E-state index in [2.05, 4.69) is 15.9 Å². The van der Waals surface area contributed by atoms with Gasteiger partial charge < -0.3 is 5.73 Å². The molecule has 1 rings (SSSR count). The Hall–Kier alpha value is -0.550. The van der Waals surface area contributed by atoms with Gasteiger partial charge in [0.15, 0.2) is 0 Å². The maximum absolute atomic E-state index is 13.7. The van der Waals surface area contributed by atoms with Gasteiger partial charge in [-0.25, -0.2) is 4.39 Å². The Morgan fingerprint density at radius 2 is 1.80 bits per heavy atom. The van der Waals surface area contributed by atoms with Crippen molar-refractivity contribution in [2.75, 3.05) is 0 Å². The highest BCUT2D eigenvalue weighted by atomic mass is 79.9. The molecular formula is C10H11BrF3N. The molecule has 84 valence electrons. The molecule has 0 aliphatic carbocycles. The van der Waals surface area contributed by atoms with Crippen molar-refractivity contribution < 1.29 is 13.2 Å². The Morgan fingerprint density at radius 1 is 1.27 bits per heavy atom. The molecule has 0 radical (unpaired) electrons. The molecule has 0 atom stereocenters. The summed E-state index contributed by atoms with van der Waals surface area (Å²) in [4.78, 5) is 0. The summed E-state index contributed by atoms with van der Waals surface area (Å²) >= 11 is 3.01. The number of rotatable bonds is 2.